The Kier molecular flexibility index (Phi) is 6.78. The molecule has 1 fully saturated rings. The van der Waals surface area contributed by atoms with E-state index >= 15 is 0 Å². The second kappa shape index (κ2) is 10.8. The first-order valence-corrected chi connectivity index (χ1v) is 15.3. The van der Waals surface area contributed by atoms with Gasteiger partial charge < -0.3 is 20.0 Å². The van der Waals surface area contributed by atoms with Crippen LogP contribution in [0.4, 0.5) is 11.5 Å². The molecule has 2 aliphatic rings. The lowest BCUT2D eigenvalue weighted by molar-refractivity contribution is -0.191. The van der Waals surface area contributed by atoms with Crippen molar-refractivity contribution in [1.29, 1.82) is 0 Å². The van der Waals surface area contributed by atoms with Crippen LogP contribution in [-0.2, 0) is 19.7 Å². The van der Waals surface area contributed by atoms with E-state index in [0.29, 0.717) is 41.1 Å². The zero-order valence-corrected chi connectivity index (χ0v) is 24.2. The van der Waals surface area contributed by atoms with Crippen LogP contribution >= 0.6 is 0 Å². The van der Waals surface area contributed by atoms with Crippen LogP contribution in [0.1, 0.15) is 18.9 Å². The van der Waals surface area contributed by atoms with Crippen molar-refractivity contribution in [2.45, 2.75) is 23.8 Å². The van der Waals surface area contributed by atoms with Crippen LogP contribution in [0.25, 0.3) is 33.1 Å². The molecule has 7 rings (SSSR count). The third-order valence-corrected chi connectivity index (χ3v) is 9.02. The number of aromatic nitrogens is 4. The highest BCUT2D eigenvalue weighted by molar-refractivity contribution is 7.92. The Morgan fingerprint density at radius 3 is 2.75 bits per heavy atom. The molecule has 44 heavy (non-hydrogen) atoms. The van der Waals surface area contributed by atoms with E-state index < -0.39 is 16.0 Å². The molecule has 2 aliphatic heterocycles. The number of hydrogen-bond donors (Lipinski definition) is 2. The van der Waals surface area contributed by atoms with E-state index in [2.05, 4.69) is 21.3 Å². The number of ether oxygens (including phenoxy) is 2. The Morgan fingerprint density at radius 2 is 1.91 bits per heavy atom. The molecule has 13 nitrogen and oxygen atoms in total. The predicted octanol–water partition coefficient (Wildman–Crippen LogP) is 4.04. The first-order valence-electron chi connectivity index (χ1n) is 13.8. The fourth-order valence-electron chi connectivity index (χ4n) is 5.61. The monoisotopic (exact) mass is 613 g/mol. The maximum Gasteiger partial charge on any atom is 0.349 e. The van der Waals surface area contributed by atoms with Gasteiger partial charge in [-0.1, -0.05) is 36.9 Å². The molecule has 3 aromatic carbocycles. The summed E-state index contributed by atoms with van der Waals surface area (Å²) in [5, 5.41) is 8.74. The molecule has 3 N–H and O–H groups in total. The van der Waals surface area contributed by atoms with Crippen molar-refractivity contribution >= 4 is 49.3 Å². The minimum absolute atomic E-state index is 0.114. The number of piperidine rings is 1. The summed E-state index contributed by atoms with van der Waals surface area (Å²) >= 11 is 0. The van der Waals surface area contributed by atoms with Crippen LogP contribution in [-0.4, -0.2) is 59.1 Å². The number of carbonyl (C=O) groups is 1. The van der Waals surface area contributed by atoms with Crippen LogP contribution in [0.2, 0.25) is 0 Å². The average molecular weight is 614 g/mol. The zero-order valence-electron chi connectivity index (χ0n) is 23.3. The average Bonchev–Trinajstić information content (AvgIpc) is 3.68. The van der Waals surface area contributed by atoms with Crippen molar-refractivity contribution in [3.8, 4) is 22.8 Å². The molecular formula is C30H27N7O6S. The highest BCUT2D eigenvalue weighted by Crippen LogP contribution is 2.48. The summed E-state index contributed by atoms with van der Waals surface area (Å²) in [7, 11) is -3.96. The number of sulfonamides is 1. The number of nitrogen functional groups attached to an aromatic ring is 1. The molecule has 224 valence electrons. The third kappa shape index (κ3) is 4.83. The lowest BCUT2D eigenvalue weighted by Crippen LogP contribution is -2.38. The summed E-state index contributed by atoms with van der Waals surface area (Å²) in [5.74, 6) is 0.219. The van der Waals surface area contributed by atoms with Gasteiger partial charge in [-0.15, -0.1) is 5.06 Å². The lowest BCUT2D eigenvalue weighted by Gasteiger charge is -2.31. The van der Waals surface area contributed by atoms with Crippen LogP contribution in [0.3, 0.4) is 0 Å². The zero-order chi connectivity index (χ0) is 30.4. The van der Waals surface area contributed by atoms with Gasteiger partial charge in [0.2, 0.25) is 6.79 Å². The Hall–Kier alpha value is -5.21. The van der Waals surface area contributed by atoms with Crippen molar-refractivity contribution < 1.29 is 27.5 Å². The Balaban J connectivity index is 1.26. The van der Waals surface area contributed by atoms with Gasteiger partial charge in [-0.05, 0) is 47.9 Å². The van der Waals surface area contributed by atoms with Gasteiger partial charge in [0, 0.05) is 18.2 Å². The number of hydroxylamine groups is 2. The summed E-state index contributed by atoms with van der Waals surface area (Å²) in [6.07, 6.45) is 4.00. The number of carbonyl (C=O) groups excluding carboxylic acids is 1. The summed E-state index contributed by atoms with van der Waals surface area (Å²) in [6, 6.07) is 15.6. The van der Waals surface area contributed by atoms with Gasteiger partial charge in [0.05, 0.1) is 28.6 Å². The Morgan fingerprint density at radius 1 is 1.09 bits per heavy atom. The van der Waals surface area contributed by atoms with E-state index in [4.69, 9.17) is 25.1 Å². The maximum atomic E-state index is 13.4. The summed E-state index contributed by atoms with van der Waals surface area (Å²) in [4.78, 5) is 26.0. The van der Waals surface area contributed by atoms with E-state index in [-0.39, 0.29) is 35.0 Å². The third-order valence-electron chi connectivity index (χ3n) is 7.66. The van der Waals surface area contributed by atoms with Crippen LogP contribution < -0.4 is 19.9 Å². The summed E-state index contributed by atoms with van der Waals surface area (Å²) in [6.45, 7) is 4.30. The van der Waals surface area contributed by atoms with Crippen LogP contribution in [0.5, 0.6) is 11.5 Å². The van der Waals surface area contributed by atoms with E-state index in [1.54, 1.807) is 40.1 Å². The highest BCUT2D eigenvalue weighted by Gasteiger charge is 2.32. The molecule has 4 heterocycles. The van der Waals surface area contributed by atoms with E-state index in [9.17, 15) is 13.2 Å². The van der Waals surface area contributed by atoms with Crippen molar-refractivity contribution in [3.05, 3.63) is 73.6 Å². The number of benzene rings is 3. The quantitative estimate of drug-likeness (QED) is 0.255. The standard InChI is InChI=1S/C30H27N7O6S/c1-2-24(38)43-36-13-5-8-20(15-36)37-30-25(29(31)32-16-33-30)26(34-37)22-11-12-23(28-27(22)41-17-42-28)35-44(39,40)21-10-9-18-6-3-4-7-19(18)14-21/h2-4,6-7,9-12,14,16,20,35H,1,5,8,13,15,17H2,(H2,31,32,33)/t20-/m1/s1. The number of nitrogens with one attached hydrogen (secondary N) is 1. The topological polar surface area (TPSA) is 164 Å². The van der Waals surface area contributed by atoms with Gasteiger partial charge >= 0.3 is 5.97 Å². The summed E-state index contributed by atoms with van der Waals surface area (Å²) in [5.41, 5.74) is 8.05. The SMILES string of the molecule is C=CC(=O)ON1CCC[C@@H](n2nc(-c3ccc(NS(=O)(=O)c4ccc5ccccc5c4)c4c3OCO4)c3c(N)ncnc32)C1. The van der Waals surface area contributed by atoms with Crippen molar-refractivity contribution in [2.24, 2.45) is 0 Å². The van der Waals surface area contributed by atoms with Gasteiger partial charge in [0.15, 0.2) is 17.1 Å². The second-order valence-corrected chi connectivity index (χ2v) is 12.1. The van der Waals surface area contributed by atoms with Gasteiger partial charge in [-0.25, -0.2) is 27.9 Å². The first-order chi connectivity index (χ1) is 21.3. The normalized spacial score (nSPS) is 16.7. The van der Waals surface area contributed by atoms with E-state index in [0.717, 1.165) is 29.7 Å². The van der Waals surface area contributed by atoms with Gasteiger partial charge in [-0.2, -0.15) is 5.10 Å². The fraction of sp³-hybridized carbons (Fsp3) is 0.200. The number of nitrogens with two attached hydrogens (primary N) is 1. The van der Waals surface area contributed by atoms with E-state index in [1.165, 1.54) is 6.33 Å². The lowest BCUT2D eigenvalue weighted by atomic mass is 10.1. The number of nitrogens with zero attached hydrogens (tertiary/aromatic N) is 5. The van der Waals surface area contributed by atoms with E-state index in [1.807, 2.05) is 24.3 Å². The molecule has 0 aliphatic carbocycles. The molecule has 0 unspecified atom stereocenters. The predicted molar refractivity (Wildman–Crippen MR) is 162 cm³/mol. The first kappa shape index (κ1) is 27.6. The molecular weight excluding hydrogens is 586 g/mol. The summed E-state index contributed by atoms with van der Waals surface area (Å²) < 4.78 is 42.9. The molecule has 14 heteroatoms. The molecule has 1 saturated heterocycles. The fourth-order valence-corrected chi connectivity index (χ4v) is 6.71. The second-order valence-electron chi connectivity index (χ2n) is 10.4. The molecule has 5 aromatic rings. The van der Waals surface area contributed by atoms with Gasteiger partial charge in [0.25, 0.3) is 10.0 Å². The maximum absolute atomic E-state index is 13.4. The molecule has 1 atom stereocenters. The number of rotatable bonds is 7. The molecule has 2 aromatic heterocycles. The van der Waals surface area contributed by atoms with Crippen LogP contribution in [0, 0.1) is 0 Å². The van der Waals surface area contributed by atoms with Crippen molar-refractivity contribution in [3.63, 3.8) is 0 Å². The number of hydrogen-bond acceptors (Lipinski definition) is 11. The highest BCUT2D eigenvalue weighted by atomic mass is 32.2. The minimum Gasteiger partial charge on any atom is -0.453 e. The molecule has 0 bridgehead atoms. The van der Waals surface area contributed by atoms with Gasteiger partial charge in [-0.3, -0.25) is 4.72 Å². The number of fused-ring (bicyclic) bond motifs is 3. The van der Waals surface area contributed by atoms with Gasteiger partial charge in [0.1, 0.15) is 17.8 Å². The van der Waals surface area contributed by atoms with Crippen LogP contribution in [0.15, 0.2) is 78.5 Å². The molecule has 0 saturated carbocycles. The molecule has 0 amide bonds. The Labute approximate surface area is 251 Å². The van der Waals surface area contributed by atoms with Crippen molar-refractivity contribution in [2.75, 3.05) is 30.3 Å². The molecule has 0 spiro atoms. The Bertz CT molecular complexity index is 2060. The minimum atomic E-state index is -3.96. The van der Waals surface area contributed by atoms with Crippen molar-refractivity contribution in [1.82, 2.24) is 24.8 Å². The number of anilines is 2. The smallest absolute Gasteiger partial charge is 0.349 e. The largest absolute Gasteiger partial charge is 0.453 e. The molecule has 0 radical (unpaired) electrons.